The van der Waals surface area contributed by atoms with Crippen molar-refractivity contribution >= 4 is 17.7 Å². The number of thioether (sulfide) groups is 1. The van der Waals surface area contributed by atoms with Crippen LogP contribution in [0.1, 0.15) is 19.3 Å². The Kier molecular flexibility index (Phi) is 5.45. The van der Waals surface area contributed by atoms with Gasteiger partial charge in [-0.2, -0.15) is 11.8 Å². The predicted molar refractivity (Wildman–Crippen MR) is 73.8 cm³/mol. The van der Waals surface area contributed by atoms with Crippen molar-refractivity contribution in [3.63, 3.8) is 0 Å². The lowest BCUT2D eigenvalue weighted by Crippen LogP contribution is -2.42. The lowest BCUT2D eigenvalue weighted by molar-refractivity contribution is 0.186. The van der Waals surface area contributed by atoms with Gasteiger partial charge in [0.2, 0.25) is 0 Å². The SMILES string of the molecule is CN=C(NCC1CCOC1)NCC1CCCS1. The van der Waals surface area contributed by atoms with Crippen molar-refractivity contribution in [3.8, 4) is 0 Å². The molecule has 0 aliphatic carbocycles. The van der Waals surface area contributed by atoms with Gasteiger partial charge in [-0.3, -0.25) is 4.99 Å². The third kappa shape index (κ3) is 4.39. The molecule has 2 aliphatic rings. The number of nitrogens with one attached hydrogen (secondary N) is 2. The van der Waals surface area contributed by atoms with Crippen LogP contribution in [0.15, 0.2) is 4.99 Å². The van der Waals surface area contributed by atoms with E-state index in [-0.39, 0.29) is 0 Å². The number of hydrogen-bond acceptors (Lipinski definition) is 3. The van der Waals surface area contributed by atoms with Crippen LogP contribution in [0.5, 0.6) is 0 Å². The maximum Gasteiger partial charge on any atom is 0.191 e. The van der Waals surface area contributed by atoms with Crippen molar-refractivity contribution < 1.29 is 4.74 Å². The Morgan fingerprint density at radius 2 is 2.24 bits per heavy atom. The summed E-state index contributed by atoms with van der Waals surface area (Å²) in [4.78, 5) is 4.25. The maximum atomic E-state index is 5.36. The van der Waals surface area contributed by atoms with Gasteiger partial charge in [-0.1, -0.05) is 0 Å². The van der Waals surface area contributed by atoms with Gasteiger partial charge in [0, 0.05) is 37.9 Å². The fraction of sp³-hybridized carbons (Fsp3) is 0.917. The molecule has 0 aromatic rings. The molecule has 2 N–H and O–H groups in total. The van der Waals surface area contributed by atoms with Gasteiger partial charge in [-0.05, 0) is 25.0 Å². The number of ether oxygens (including phenoxy) is 1. The van der Waals surface area contributed by atoms with Crippen LogP contribution in [0, 0.1) is 5.92 Å². The molecule has 2 saturated heterocycles. The molecular formula is C12H23N3OS. The minimum atomic E-state index is 0.648. The number of nitrogens with zero attached hydrogens (tertiary/aromatic N) is 1. The summed E-state index contributed by atoms with van der Waals surface area (Å²) in [6.07, 6.45) is 3.87. The Labute approximate surface area is 108 Å². The van der Waals surface area contributed by atoms with Gasteiger partial charge in [-0.25, -0.2) is 0 Å². The highest BCUT2D eigenvalue weighted by molar-refractivity contribution is 8.00. The summed E-state index contributed by atoms with van der Waals surface area (Å²) in [6.45, 7) is 3.81. The monoisotopic (exact) mass is 257 g/mol. The average Bonchev–Trinajstić information content (AvgIpc) is 3.02. The van der Waals surface area contributed by atoms with Gasteiger partial charge in [0.25, 0.3) is 0 Å². The largest absolute Gasteiger partial charge is 0.381 e. The first-order chi connectivity index (χ1) is 8.38. The van der Waals surface area contributed by atoms with E-state index >= 15 is 0 Å². The zero-order valence-corrected chi connectivity index (χ0v) is 11.4. The molecule has 0 spiro atoms. The summed E-state index contributed by atoms with van der Waals surface area (Å²) in [5.41, 5.74) is 0. The fourth-order valence-electron chi connectivity index (χ4n) is 2.22. The average molecular weight is 257 g/mol. The molecule has 0 aromatic heterocycles. The molecule has 17 heavy (non-hydrogen) atoms. The molecule has 0 bridgehead atoms. The first kappa shape index (κ1) is 13.0. The second-order valence-electron chi connectivity index (χ2n) is 4.70. The molecule has 2 aliphatic heterocycles. The summed E-state index contributed by atoms with van der Waals surface area (Å²) in [7, 11) is 1.84. The van der Waals surface area contributed by atoms with Crippen LogP contribution in [0.2, 0.25) is 0 Å². The Morgan fingerprint density at radius 3 is 2.88 bits per heavy atom. The summed E-state index contributed by atoms with van der Waals surface area (Å²) < 4.78 is 5.36. The standard InChI is InChI=1S/C12H23N3OS/c1-13-12(14-7-10-4-5-16-9-10)15-8-11-3-2-6-17-11/h10-11H,2-9H2,1H3,(H2,13,14,15). The van der Waals surface area contributed by atoms with Crippen molar-refractivity contribution in [1.29, 1.82) is 0 Å². The zero-order valence-electron chi connectivity index (χ0n) is 10.6. The van der Waals surface area contributed by atoms with E-state index in [1.165, 1.54) is 25.0 Å². The van der Waals surface area contributed by atoms with E-state index in [0.29, 0.717) is 5.92 Å². The van der Waals surface area contributed by atoms with Crippen molar-refractivity contribution in [2.45, 2.75) is 24.5 Å². The molecular weight excluding hydrogens is 234 g/mol. The van der Waals surface area contributed by atoms with Crippen molar-refractivity contribution in [2.75, 3.05) is 39.1 Å². The lowest BCUT2D eigenvalue weighted by atomic mass is 10.1. The summed E-state index contributed by atoms with van der Waals surface area (Å²) in [6, 6.07) is 0. The summed E-state index contributed by atoms with van der Waals surface area (Å²) in [5.74, 6) is 2.90. The number of guanidine groups is 1. The molecule has 2 atom stereocenters. The number of hydrogen-bond donors (Lipinski definition) is 2. The maximum absolute atomic E-state index is 5.36. The first-order valence-corrected chi connectivity index (χ1v) is 7.57. The molecule has 98 valence electrons. The van der Waals surface area contributed by atoms with Gasteiger partial charge in [0.1, 0.15) is 0 Å². The minimum absolute atomic E-state index is 0.648. The smallest absolute Gasteiger partial charge is 0.191 e. The van der Waals surface area contributed by atoms with Gasteiger partial charge in [0.05, 0.1) is 6.61 Å². The third-order valence-corrected chi connectivity index (χ3v) is 4.73. The Morgan fingerprint density at radius 1 is 1.35 bits per heavy atom. The molecule has 0 saturated carbocycles. The van der Waals surface area contributed by atoms with Gasteiger partial charge in [0.15, 0.2) is 5.96 Å². The normalized spacial score (nSPS) is 29.6. The Bertz CT molecular complexity index is 226. The van der Waals surface area contributed by atoms with E-state index in [9.17, 15) is 0 Å². The highest BCUT2D eigenvalue weighted by atomic mass is 32.2. The van der Waals surface area contributed by atoms with E-state index in [1.807, 2.05) is 7.05 Å². The van der Waals surface area contributed by atoms with Crippen LogP contribution in [-0.4, -0.2) is 50.3 Å². The topological polar surface area (TPSA) is 45.7 Å². The second kappa shape index (κ2) is 7.11. The quantitative estimate of drug-likeness (QED) is 0.584. The number of aliphatic imine (C=N–C) groups is 1. The molecule has 0 aromatic carbocycles. The van der Waals surface area contributed by atoms with E-state index in [4.69, 9.17) is 4.74 Å². The van der Waals surface area contributed by atoms with Crippen molar-refractivity contribution in [2.24, 2.45) is 10.9 Å². The van der Waals surface area contributed by atoms with E-state index in [0.717, 1.165) is 37.5 Å². The molecule has 2 rings (SSSR count). The van der Waals surface area contributed by atoms with Crippen molar-refractivity contribution in [3.05, 3.63) is 0 Å². The van der Waals surface area contributed by atoms with E-state index in [1.54, 1.807) is 0 Å². The van der Waals surface area contributed by atoms with Gasteiger partial charge >= 0.3 is 0 Å². The second-order valence-corrected chi connectivity index (χ2v) is 6.11. The molecule has 0 amide bonds. The number of rotatable bonds is 4. The van der Waals surface area contributed by atoms with Crippen molar-refractivity contribution in [1.82, 2.24) is 10.6 Å². The summed E-state index contributed by atoms with van der Waals surface area (Å²) >= 11 is 2.07. The Balaban J connectivity index is 1.62. The minimum Gasteiger partial charge on any atom is -0.381 e. The molecule has 2 unspecified atom stereocenters. The van der Waals surface area contributed by atoms with E-state index < -0.39 is 0 Å². The fourth-order valence-corrected chi connectivity index (χ4v) is 3.42. The van der Waals surface area contributed by atoms with Crippen LogP contribution >= 0.6 is 11.8 Å². The van der Waals surface area contributed by atoms with Crippen LogP contribution in [0.25, 0.3) is 0 Å². The third-order valence-electron chi connectivity index (χ3n) is 3.33. The molecule has 2 fully saturated rings. The summed E-state index contributed by atoms with van der Waals surface area (Å²) in [5, 5.41) is 7.56. The molecule has 2 heterocycles. The molecule has 4 nitrogen and oxygen atoms in total. The van der Waals surface area contributed by atoms with Gasteiger partial charge < -0.3 is 15.4 Å². The van der Waals surface area contributed by atoms with Crippen LogP contribution < -0.4 is 10.6 Å². The van der Waals surface area contributed by atoms with Crippen LogP contribution in [0.3, 0.4) is 0 Å². The van der Waals surface area contributed by atoms with Gasteiger partial charge in [-0.15, -0.1) is 0 Å². The lowest BCUT2D eigenvalue weighted by Gasteiger charge is -2.16. The Hall–Kier alpha value is -0.420. The highest BCUT2D eigenvalue weighted by Gasteiger charge is 2.17. The van der Waals surface area contributed by atoms with E-state index in [2.05, 4.69) is 27.4 Å². The first-order valence-electron chi connectivity index (χ1n) is 6.52. The molecule has 5 heteroatoms. The predicted octanol–water partition coefficient (Wildman–Crippen LogP) is 1.08. The van der Waals surface area contributed by atoms with Crippen LogP contribution in [-0.2, 0) is 4.74 Å². The van der Waals surface area contributed by atoms with Crippen LogP contribution in [0.4, 0.5) is 0 Å². The highest BCUT2D eigenvalue weighted by Crippen LogP contribution is 2.25. The zero-order chi connectivity index (χ0) is 11.9. The molecule has 0 radical (unpaired) electrons.